The second kappa shape index (κ2) is 7.66. The quantitative estimate of drug-likeness (QED) is 0.808. The Morgan fingerprint density at radius 1 is 1.21 bits per heavy atom. The van der Waals surface area contributed by atoms with E-state index in [-0.39, 0.29) is 24.1 Å². The Morgan fingerprint density at radius 3 is 2.61 bits per heavy atom. The topological polar surface area (TPSA) is 75.9 Å². The summed E-state index contributed by atoms with van der Waals surface area (Å²) in [5.74, 6) is 0.465. The molecule has 4 rings (SSSR count). The number of amides is 2. The first-order valence-corrected chi connectivity index (χ1v) is 9.86. The molecule has 0 bridgehead atoms. The van der Waals surface area contributed by atoms with Gasteiger partial charge in [-0.3, -0.25) is 9.69 Å². The van der Waals surface area contributed by atoms with Crippen molar-refractivity contribution in [3.8, 4) is 11.3 Å². The Kier molecular flexibility index (Phi) is 5.07. The second-order valence-electron chi connectivity index (χ2n) is 7.40. The number of carbonyl (C=O) groups is 2. The Hall–Kier alpha value is -2.83. The van der Waals surface area contributed by atoms with E-state index in [0.717, 1.165) is 24.8 Å². The summed E-state index contributed by atoms with van der Waals surface area (Å²) in [4.78, 5) is 29.0. The molecule has 2 aromatic rings. The van der Waals surface area contributed by atoms with Crippen LogP contribution in [0.4, 0.5) is 4.79 Å². The summed E-state index contributed by atoms with van der Waals surface area (Å²) in [7, 11) is 0. The lowest BCUT2D eigenvalue weighted by molar-refractivity contribution is 0.0634. The van der Waals surface area contributed by atoms with Gasteiger partial charge in [-0.15, -0.1) is 0 Å². The summed E-state index contributed by atoms with van der Waals surface area (Å²) < 4.78 is 10.6. The van der Waals surface area contributed by atoms with Crippen LogP contribution in [0.3, 0.4) is 0 Å². The van der Waals surface area contributed by atoms with Crippen molar-refractivity contribution in [3.05, 3.63) is 41.7 Å². The number of cyclic esters (lactones) is 1. The molecule has 0 aliphatic carbocycles. The van der Waals surface area contributed by atoms with Crippen LogP contribution in [0.2, 0.25) is 0 Å². The molecule has 1 aromatic carbocycles. The zero-order valence-electron chi connectivity index (χ0n) is 16.3. The lowest BCUT2D eigenvalue weighted by Gasteiger charge is -2.37. The van der Waals surface area contributed by atoms with E-state index in [4.69, 9.17) is 9.26 Å². The molecule has 0 saturated carbocycles. The molecular weight excluding hydrogens is 358 g/mol. The van der Waals surface area contributed by atoms with Gasteiger partial charge in [0.1, 0.15) is 23.6 Å². The lowest BCUT2D eigenvalue weighted by Crippen LogP contribution is -2.49. The number of likely N-dealkylation sites (tertiary alicyclic amines) is 1. The van der Waals surface area contributed by atoms with E-state index in [9.17, 15) is 9.59 Å². The number of aryl methyl sites for hydroxylation is 1. The van der Waals surface area contributed by atoms with E-state index in [1.807, 2.05) is 40.1 Å². The van der Waals surface area contributed by atoms with Crippen molar-refractivity contribution in [1.29, 1.82) is 0 Å². The van der Waals surface area contributed by atoms with Gasteiger partial charge in [-0.05, 0) is 26.2 Å². The third-order valence-electron chi connectivity index (χ3n) is 5.74. The minimum absolute atomic E-state index is 0.0629. The first-order chi connectivity index (χ1) is 13.6. The highest BCUT2D eigenvalue weighted by molar-refractivity contribution is 6.00. The summed E-state index contributed by atoms with van der Waals surface area (Å²) >= 11 is 0. The lowest BCUT2D eigenvalue weighted by atomic mass is 9.99. The Bertz CT molecular complexity index is 856. The van der Waals surface area contributed by atoms with Crippen molar-refractivity contribution >= 4 is 12.0 Å². The van der Waals surface area contributed by atoms with Crippen LogP contribution >= 0.6 is 0 Å². The number of carbonyl (C=O) groups excluding carboxylic acids is 2. The first-order valence-electron chi connectivity index (χ1n) is 9.86. The zero-order chi connectivity index (χ0) is 19.7. The van der Waals surface area contributed by atoms with Crippen LogP contribution in [0.1, 0.15) is 42.3 Å². The zero-order valence-corrected chi connectivity index (χ0v) is 16.3. The molecule has 2 aliphatic heterocycles. The van der Waals surface area contributed by atoms with Gasteiger partial charge in [-0.2, -0.15) is 0 Å². The smallest absolute Gasteiger partial charge is 0.410 e. The van der Waals surface area contributed by atoms with Crippen molar-refractivity contribution in [1.82, 2.24) is 15.0 Å². The summed E-state index contributed by atoms with van der Waals surface area (Å²) in [6.45, 7) is 5.50. The van der Waals surface area contributed by atoms with Crippen molar-refractivity contribution in [2.75, 3.05) is 19.7 Å². The van der Waals surface area contributed by atoms with Gasteiger partial charge < -0.3 is 14.2 Å². The van der Waals surface area contributed by atoms with Crippen molar-refractivity contribution in [2.24, 2.45) is 0 Å². The fourth-order valence-corrected chi connectivity index (χ4v) is 4.16. The molecule has 7 nitrogen and oxygen atoms in total. The van der Waals surface area contributed by atoms with Gasteiger partial charge in [0.25, 0.3) is 5.91 Å². The molecule has 1 aromatic heterocycles. The molecule has 0 spiro atoms. The predicted octanol–water partition coefficient (Wildman–Crippen LogP) is 3.49. The van der Waals surface area contributed by atoms with Crippen LogP contribution < -0.4 is 0 Å². The number of ether oxygens (including phenoxy) is 1. The van der Waals surface area contributed by atoms with Gasteiger partial charge in [-0.1, -0.05) is 42.4 Å². The maximum atomic E-state index is 13.2. The first kappa shape index (κ1) is 18.5. The highest BCUT2D eigenvalue weighted by atomic mass is 16.6. The van der Waals surface area contributed by atoms with E-state index >= 15 is 0 Å². The molecule has 2 aliphatic rings. The molecule has 28 heavy (non-hydrogen) atoms. The fourth-order valence-electron chi connectivity index (χ4n) is 4.16. The second-order valence-corrected chi connectivity index (χ2v) is 7.40. The average molecular weight is 383 g/mol. The monoisotopic (exact) mass is 383 g/mol. The number of rotatable bonds is 4. The van der Waals surface area contributed by atoms with Crippen LogP contribution in [-0.4, -0.2) is 58.7 Å². The highest BCUT2D eigenvalue weighted by Crippen LogP contribution is 2.29. The molecule has 1 unspecified atom stereocenters. The van der Waals surface area contributed by atoms with Crippen molar-refractivity contribution < 1.29 is 18.8 Å². The number of hydrogen-bond donors (Lipinski definition) is 0. The van der Waals surface area contributed by atoms with E-state index in [1.165, 1.54) is 0 Å². The van der Waals surface area contributed by atoms with Crippen molar-refractivity contribution in [2.45, 2.75) is 45.2 Å². The largest absolute Gasteiger partial charge is 0.447 e. The summed E-state index contributed by atoms with van der Waals surface area (Å²) in [5, 5.41) is 4.12. The van der Waals surface area contributed by atoms with E-state index in [2.05, 4.69) is 12.1 Å². The molecule has 2 fully saturated rings. The molecule has 0 radical (unpaired) electrons. The van der Waals surface area contributed by atoms with Gasteiger partial charge in [-0.25, -0.2) is 4.79 Å². The van der Waals surface area contributed by atoms with E-state index in [1.54, 1.807) is 6.92 Å². The maximum Gasteiger partial charge on any atom is 0.410 e. The van der Waals surface area contributed by atoms with Gasteiger partial charge >= 0.3 is 6.09 Å². The third-order valence-corrected chi connectivity index (χ3v) is 5.74. The summed E-state index contributed by atoms with van der Waals surface area (Å²) in [5.41, 5.74) is 1.97. The molecule has 0 N–H and O–H groups in total. The van der Waals surface area contributed by atoms with Crippen LogP contribution in [0, 0.1) is 6.92 Å². The van der Waals surface area contributed by atoms with E-state index in [0.29, 0.717) is 36.7 Å². The average Bonchev–Trinajstić information content (AvgIpc) is 3.30. The number of hydrogen-bond acceptors (Lipinski definition) is 5. The maximum absolute atomic E-state index is 13.2. The van der Waals surface area contributed by atoms with Crippen LogP contribution in [0.15, 0.2) is 34.9 Å². The number of benzene rings is 1. The molecular formula is C21H25N3O4. The molecule has 7 heteroatoms. The molecule has 1 atom stereocenters. The van der Waals surface area contributed by atoms with Crippen molar-refractivity contribution in [3.63, 3.8) is 0 Å². The minimum atomic E-state index is -0.224. The summed E-state index contributed by atoms with van der Waals surface area (Å²) in [6.07, 6.45) is 2.16. The van der Waals surface area contributed by atoms with Gasteiger partial charge in [0.15, 0.2) is 0 Å². The van der Waals surface area contributed by atoms with Gasteiger partial charge in [0.2, 0.25) is 0 Å². The number of nitrogens with zero attached hydrogens (tertiary/aromatic N) is 3. The molecule has 148 valence electrons. The summed E-state index contributed by atoms with van der Waals surface area (Å²) in [6, 6.07) is 9.87. The number of aromatic nitrogens is 1. The molecule has 3 heterocycles. The highest BCUT2D eigenvalue weighted by Gasteiger charge is 2.39. The predicted molar refractivity (Wildman–Crippen MR) is 103 cm³/mol. The minimum Gasteiger partial charge on any atom is -0.447 e. The fraction of sp³-hybridized carbons (Fsp3) is 0.476. The standard InChI is InChI=1S/C21H25N3O4/c1-3-16-13-27-21(26)24(16)17-9-11-23(12-10-17)20(25)18-14(2)28-22-19(18)15-7-5-4-6-8-15/h4-8,16-17H,3,9-13H2,1-2H3. The normalized spacial score (nSPS) is 20.5. The third kappa shape index (κ3) is 3.25. The van der Waals surface area contributed by atoms with Gasteiger partial charge in [0, 0.05) is 24.7 Å². The Morgan fingerprint density at radius 2 is 1.93 bits per heavy atom. The SMILES string of the molecule is CCC1COC(=O)N1C1CCN(C(=O)c2c(-c3ccccc3)noc2C)CC1. The van der Waals surface area contributed by atoms with E-state index < -0.39 is 0 Å². The Labute approximate surface area is 164 Å². The molecule has 2 amide bonds. The number of piperidine rings is 1. The van der Waals surface area contributed by atoms with Crippen LogP contribution in [0.5, 0.6) is 0 Å². The molecule has 2 saturated heterocycles. The van der Waals surface area contributed by atoms with Crippen LogP contribution in [-0.2, 0) is 4.74 Å². The van der Waals surface area contributed by atoms with Crippen LogP contribution in [0.25, 0.3) is 11.3 Å². The Balaban J connectivity index is 1.48. The van der Waals surface area contributed by atoms with Gasteiger partial charge in [0.05, 0.1) is 6.04 Å².